The van der Waals surface area contributed by atoms with Gasteiger partial charge in [0.25, 0.3) is 0 Å². The molecule has 0 radical (unpaired) electrons. The molecule has 0 aliphatic carbocycles. The van der Waals surface area contributed by atoms with Crippen molar-refractivity contribution in [1.29, 1.82) is 0 Å². The summed E-state index contributed by atoms with van der Waals surface area (Å²) < 4.78 is 0. The van der Waals surface area contributed by atoms with E-state index in [9.17, 15) is 5.11 Å². The van der Waals surface area contributed by atoms with Crippen LogP contribution in [0.25, 0.3) is 0 Å². The minimum Gasteiger partial charge on any atom is -0.391 e. The van der Waals surface area contributed by atoms with Gasteiger partial charge in [-0.25, -0.2) is 0 Å². The standard InChI is InChI=1S/C10H17N3O/c1-13(8-10(14)4-5-11)9-3-2-6-12-7-9/h2-3,6-7,10,14H,4-5,8,11H2,1H3. The molecule has 14 heavy (non-hydrogen) atoms. The molecule has 1 aromatic heterocycles. The first-order chi connectivity index (χ1) is 6.74. The minimum absolute atomic E-state index is 0.370. The van der Waals surface area contributed by atoms with E-state index in [0.29, 0.717) is 19.5 Å². The van der Waals surface area contributed by atoms with Gasteiger partial charge in [-0.15, -0.1) is 0 Å². The molecule has 4 heteroatoms. The summed E-state index contributed by atoms with van der Waals surface area (Å²) >= 11 is 0. The van der Waals surface area contributed by atoms with Crippen LogP contribution in [-0.4, -0.2) is 36.3 Å². The zero-order valence-corrected chi connectivity index (χ0v) is 8.43. The average molecular weight is 195 g/mol. The molecular formula is C10H17N3O. The maximum atomic E-state index is 9.54. The molecule has 0 saturated heterocycles. The third-order valence-corrected chi connectivity index (χ3v) is 2.07. The van der Waals surface area contributed by atoms with Crippen LogP contribution in [0.2, 0.25) is 0 Å². The number of nitrogens with two attached hydrogens (primary N) is 1. The fourth-order valence-corrected chi connectivity index (χ4v) is 1.28. The fourth-order valence-electron chi connectivity index (χ4n) is 1.28. The number of aliphatic hydroxyl groups excluding tert-OH is 1. The van der Waals surface area contributed by atoms with E-state index < -0.39 is 0 Å². The summed E-state index contributed by atoms with van der Waals surface area (Å²) in [7, 11) is 1.93. The van der Waals surface area contributed by atoms with Crippen molar-refractivity contribution in [3.05, 3.63) is 24.5 Å². The molecule has 0 saturated carbocycles. The number of nitrogens with zero attached hydrogens (tertiary/aromatic N) is 2. The lowest BCUT2D eigenvalue weighted by molar-refractivity contribution is 0.174. The van der Waals surface area contributed by atoms with Gasteiger partial charge in [-0.3, -0.25) is 4.98 Å². The van der Waals surface area contributed by atoms with Crippen LogP contribution in [-0.2, 0) is 0 Å². The minimum atomic E-state index is -0.370. The number of hydrogen-bond acceptors (Lipinski definition) is 4. The van der Waals surface area contributed by atoms with Gasteiger partial charge in [0.2, 0.25) is 0 Å². The maximum Gasteiger partial charge on any atom is 0.0727 e. The lowest BCUT2D eigenvalue weighted by Crippen LogP contribution is -2.30. The second-order valence-electron chi connectivity index (χ2n) is 3.32. The molecule has 0 aromatic carbocycles. The summed E-state index contributed by atoms with van der Waals surface area (Å²) in [4.78, 5) is 5.98. The summed E-state index contributed by atoms with van der Waals surface area (Å²) in [5, 5.41) is 9.54. The van der Waals surface area contributed by atoms with Crippen LogP contribution >= 0.6 is 0 Å². The number of hydrogen-bond donors (Lipinski definition) is 2. The van der Waals surface area contributed by atoms with Gasteiger partial charge in [0.15, 0.2) is 0 Å². The highest BCUT2D eigenvalue weighted by Gasteiger charge is 2.07. The second-order valence-corrected chi connectivity index (χ2v) is 3.32. The molecule has 4 nitrogen and oxygen atoms in total. The first kappa shape index (κ1) is 10.9. The van der Waals surface area contributed by atoms with Crippen molar-refractivity contribution >= 4 is 5.69 Å². The lowest BCUT2D eigenvalue weighted by Gasteiger charge is -2.21. The Morgan fingerprint density at radius 3 is 3.00 bits per heavy atom. The molecule has 0 amide bonds. The molecule has 1 unspecified atom stereocenters. The van der Waals surface area contributed by atoms with E-state index in [-0.39, 0.29) is 6.10 Å². The molecule has 0 aliphatic heterocycles. The number of likely N-dealkylation sites (N-methyl/N-ethyl adjacent to an activating group) is 1. The van der Waals surface area contributed by atoms with Gasteiger partial charge in [-0.05, 0) is 25.1 Å². The Balaban J connectivity index is 2.46. The van der Waals surface area contributed by atoms with Crippen LogP contribution < -0.4 is 10.6 Å². The third-order valence-electron chi connectivity index (χ3n) is 2.07. The van der Waals surface area contributed by atoms with E-state index >= 15 is 0 Å². The summed E-state index contributed by atoms with van der Waals surface area (Å²) in [5.74, 6) is 0. The smallest absolute Gasteiger partial charge is 0.0727 e. The fraction of sp³-hybridized carbons (Fsp3) is 0.500. The number of aliphatic hydroxyl groups is 1. The van der Waals surface area contributed by atoms with Gasteiger partial charge in [0.1, 0.15) is 0 Å². The van der Waals surface area contributed by atoms with Gasteiger partial charge < -0.3 is 15.7 Å². The molecule has 0 spiro atoms. The molecular weight excluding hydrogens is 178 g/mol. The zero-order valence-electron chi connectivity index (χ0n) is 8.43. The van der Waals surface area contributed by atoms with E-state index in [2.05, 4.69) is 4.98 Å². The van der Waals surface area contributed by atoms with E-state index in [1.54, 1.807) is 12.4 Å². The molecule has 0 bridgehead atoms. The average Bonchev–Trinajstić information content (AvgIpc) is 2.19. The van der Waals surface area contributed by atoms with Crippen molar-refractivity contribution in [3.63, 3.8) is 0 Å². The highest BCUT2D eigenvalue weighted by Crippen LogP contribution is 2.09. The highest BCUT2D eigenvalue weighted by atomic mass is 16.3. The van der Waals surface area contributed by atoms with Crippen molar-refractivity contribution in [3.8, 4) is 0 Å². The first-order valence-electron chi connectivity index (χ1n) is 4.73. The van der Waals surface area contributed by atoms with Gasteiger partial charge in [0.05, 0.1) is 18.0 Å². The molecule has 1 aromatic rings. The van der Waals surface area contributed by atoms with E-state index in [4.69, 9.17) is 5.73 Å². The summed E-state index contributed by atoms with van der Waals surface area (Å²) in [6, 6.07) is 3.84. The Labute approximate surface area is 84.4 Å². The molecule has 1 atom stereocenters. The van der Waals surface area contributed by atoms with E-state index in [1.165, 1.54) is 0 Å². The van der Waals surface area contributed by atoms with Crippen LogP contribution in [0, 0.1) is 0 Å². The highest BCUT2D eigenvalue weighted by molar-refractivity contribution is 5.42. The van der Waals surface area contributed by atoms with E-state index in [0.717, 1.165) is 5.69 Å². The quantitative estimate of drug-likeness (QED) is 0.706. The van der Waals surface area contributed by atoms with Crippen molar-refractivity contribution < 1.29 is 5.11 Å². The molecule has 0 fully saturated rings. The Morgan fingerprint density at radius 2 is 2.43 bits per heavy atom. The molecule has 1 heterocycles. The van der Waals surface area contributed by atoms with Crippen LogP contribution in [0.15, 0.2) is 24.5 Å². The maximum absolute atomic E-state index is 9.54. The Morgan fingerprint density at radius 1 is 1.64 bits per heavy atom. The van der Waals surface area contributed by atoms with Gasteiger partial charge in [-0.1, -0.05) is 0 Å². The van der Waals surface area contributed by atoms with Crippen LogP contribution in [0.5, 0.6) is 0 Å². The normalized spacial score (nSPS) is 12.5. The van der Waals surface area contributed by atoms with Gasteiger partial charge in [-0.2, -0.15) is 0 Å². The molecule has 1 rings (SSSR count). The Hall–Kier alpha value is -1.13. The van der Waals surface area contributed by atoms with Crippen LogP contribution in [0.4, 0.5) is 5.69 Å². The number of anilines is 1. The largest absolute Gasteiger partial charge is 0.391 e. The molecule has 3 N–H and O–H groups in total. The van der Waals surface area contributed by atoms with Crippen LogP contribution in [0.3, 0.4) is 0 Å². The van der Waals surface area contributed by atoms with E-state index in [1.807, 2.05) is 24.1 Å². The second kappa shape index (κ2) is 5.57. The Bertz CT molecular complexity index is 253. The third kappa shape index (κ3) is 3.32. The number of rotatable bonds is 5. The Kier molecular flexibility index (Phi) is 4.35. The van der Waals surface area contributed by atoms with Gasteiger partial charge >= 0.3 is 0 Å². The SMILES string of the molecule is CN(CC(O)CCN)c1cccnc1. The lowest BCUT2D eigenvalue weighted by atomic mass is 10.2. The van der Waals surface area contributed by atoms with Crippen molar-refractivity contribution in [2.75, 3.05) is 25.0 Å². The summed E-state index contributed by atoms with van der Waals surface area (Å²) in [6.07, 6.45) is 3.76. The molecule has 78 valence electrons. The van der Waals surface area contributed by atoms with Crippen LogP contribution in [0.1, 0.15) is 6.42 Å². The van der Waals surface area contributed by atoms with Gasteiger partial charge in [0, 0.05) is 19.8 Å². The summed E-state index contributed by atoms with van der Waals surface area (Å²) in [5.41, 5.74) is 6.36. The first-order valence-corrected chi connectivity index (χ1v) is 4.73. The topological polar surface area (TPSA) is 62.4 Å². The monoisotopic (exact) mass is 195 g/mol. The number of pyridine rings is 1. The molecule has 0 aliphatic rings. The van der Waals surface area contributed by atoms with Crippen molar-refractivity contribution in [2.45, 2.75) is 12.5 Å². The van der Waals surface area contributed by atoms with Crippen molar-refractivity contribution in [2.24, 2.45) is 5.73 Å². The summed E-state index contributed by atoms with van der Waals surface area (Å²) in [6.45, 7) is 1.10. The predicted octanol–water partition coefficient (Wildman–Crippen LogP) is 0.227. The zero-order chi connectivity index (χ0) is 10.4. The van der Waals surface area contributed by atoms with Crippen molar-refractivity contribution in [1.82, 2.24) is 4.98 Å². The number of aromatic nitrogens is 1. The predicted molar refractivity (Wildman–Crippen MR) is 57.2 cm³/mol.